The van der Waals surface area contributed by atoms with Crippen LogP contribution in [0.1, 0.15) is 46.5 Å². The third-order valence-electron chi connectivity index (χ3n) is 3.49. The van der Waals surface area contributed by atoms with E-state index in [0.29, 0.717) is 6.04 Å². The minimum absolute atomic E-state index is 0.251. The zero-order chi connectivity index (χ0) is 10.9. The first-order chi connectivity index (χ1) is 7.12. The zero-order valence-corrected chi connectivity index (χ0v) is 10.9. The second kappa shape index (κ2) is 4.36. The van der Waals surface area contributed by atoms with Crippen molar-refractivity contribution in [3.05, 3.63) is 0 Å². The van der Waals surface area contributed by atoms with E-state index in [9.17, 15) is 0 Å². The molecule has 1 saturated carbocycles. The van der Waals surface area contributed by atoms with Gasteiger partial charge in [0.15, 0.2) is 5.17 Å². The van der Waals surface area contributed by atoms with Crippen LogP contribution in [0.3, 0.4) is 0 Å². The maximum absolute atomic E-state index is 4.76. The van der Waals surface area contributed by atoms with Crippen LogP contribution in [0.2, 0.25) is 0 Å². The second-order valence-corrected chi connectivity index (χ2v) is 6.34. The molecule has 2 aliphatic rings. The van der Waals surface area contributed by atoms with Crippen molar-refractivity contribution in [1.29, 1.82) is 0 Å². The lowest BCUT2D eigenvalue weighted by atomic mass is 9.99. The first-order valence-electron chi connectivity index (χ1n) is 6.10. The fourth-order valence-corrected chi connectivity index (χ4v) is 3.25. The Kier molecular flexibility index (Phi) is 3.29. The van der Waals surface area contributed by atoms with Crippen molar-refractivity contribution < 1.29 is 0 Å². The molecule has 0 saturated heterocycles. The molecule has 2 rings (SSSR count). The molecule has 0 bridgehead atoms. The predicted octanol–water partition coefficient (Wildman–Crippen LogP) is 3.04. The van der Waals surface area contributed by atoms with E-state index in [2.05, 4.69) is 26.1 Å². The predicted molar refractivity (Wildman–Crippen MR) is 68.5 cm³/mol. The fraction of sp³-hybridized carbons (Fsp3) is 0.917. The van der Waals surface area contributed by atoms with Crippen LogP contribution in [0.25, 0.3) is 0 Å². The minimum Gasteiger partial charge on any atom is -0.360 e. The molecular formula is C12H22N2S. The van der Waals surface area contributed by atoms with Crippen LogP contribution in [-0.2, 0) is 0 Å². The lowest BCUT2D eigenvalue weighted by Gasteiger charge is -2.30. The van der Waals surface area contributed by atoms with Crippen molar-refractivity contribution in [3.63, 3.8) is 0 Å². The van der Waals surface area contributed by atoms with E-state index < -0.39 is 0 Å². The molecule has 0 aromatic heterocycles. The molecule has 3 heteroatoms. The van der Waals surface area contributed by atoms with E-state index in [1.807, 2.05) is 11.8 Å². The highest BCUT2D eigenvalue weighted by atomic mass is 32.2. The number of nitrogens with one attached hydrogen (secondary N) is 1. The highest BCUT2D eigenvalue weighted by Crippen LogP contribution is 2.39. The molecule has 1 aliphatic carbocycles. The van der Waals surface area contributed by atoms with E-state index in [-0.39, 0.29) is 5.54 Å². The Labute approximate surface area is 97.3 Å². The summed E-state index contributed by atoms with van der Waals surface area (Å²) in [5.74, 6) is 2.09. The monoisotopic (exact) mass is 226 g/mol. The van der Waals surface area contributed by atoms with Crippen LogP contribution in [0.15, 0.2) is 4.99 Å². The van der Waals surface area contributed by atoms with Gasteiger partial charge in [-0.1, -0.05) is 18.7 Å². The van der Waals surface area contributed by atoms with Crippen LogP contribution in [-0.4, -0.2) is 22.5 Å². The summed E-state index contributed by atoms with van der Waals surface area (Å²) in [4.78, 5) is 4.76. The highest BCUT2D eigenvalue weighted by molar-refractivity contribution is 8.13. The number of rotatable bonds is 3. The third-order valence-corrected chi connectivity index (χ3v) is 4.41. The summed E-state index contributed by atoms with van der Waals surface area (Å²) in [5.41, 5.74) is 0.251. The van der Waals surface area contributed by atoms with Gasteiger partial charge in [-0.25, -0.2) is 0 Å². The molecule has 1 heterocycles. The largest absolute Gasteiger partial charge is 0.360 e. The molecule has 1 atom stereocenters. The Balaban J connectivity index is 1.95. The summed E-state index contributed by atoms with van der Waals surface area (Å²) in [7, 11) is 0. The summed E-state index contributed by atoms with van der Waals surface area (Å²) in [6.07, 6.45) is 5.19. The van der Waals surface area contributed by atoms with Gasteiger partial charge in [0.05, 0.1) is 6.04 Å². The average Bonchev–Trinajstić information content (AvgIpc) is 3.00. The van der Waals surface area contributed by atoms with Crippen LogP contribution in [0.4, 0.5) is 0 Å². The molecule has 0 radical (unpaired) electrons. The van der Waals surface area contributed by atoms with Gasteiger partial charge in [-0.15, -0.1) is 0 Å². The van der Waals surface area contributed by atoms with E-state index in [0.717, 1.165) is 5.92 Å². The van der Waals surface area contributed by atoms with Gasteiger partial charge in [0.25, 0.3) is 0 Å². The number of thioether (sulfide) groups is 1. The fourth-order valence-electron chi connectivity index (χ4n) is 2.11. The Morgan fingerprint density at radius 1 is 1.40 bits per heavy atom. The molecule has 2 nitrogen and oxygen atoms in total. The quantitative estimate of drug-likeness (QED) is 0.800. The van der Waals surface area contributed by atoms with Gasteiger partial charge in [0, 0.05) is 11.3 Å². The van der Waals surface area contributed by atoms with Crippen molar-refractivity contribution in [2.24, 2.45) is 10.9 Å². The molecule has 1 N–H and O–H groups in total. The Bertz CT molecular complexity index is 256. The van der Waals surface area contributed by atoms with E-state index in [4.69, 9.17) is 4.99 Å². The molecule has 0 spiro atoms. The van der Waals surface area contributed by atoms with E-state index in [1.165, 1.54) is 36.6 Å². The maximum Gasteiger partial charge on any atom is 0.157 e. The van der Waals surface area contributed by atoms with Crippen molar-refractivity contribution in [1.82, 2.24) is 5.32 Å². The van der Waals surface area contributed by atoms with Crippen LogP contribution in [0.5, 0.6) is 0 Å². The minimum atomic E-state index is 0.251. The summed E-state index contributed by atoms with van der Waals surface area (Å²) >= 11 is 1.89. The SMILES string of the molecule is CCC1CCSC(NC(C)(C)C2CC2)=N1. The lowest BCUT2D eigenvalue weighted by molar-refractivity contribution is 0.402. The van der Waals surface area contributed by atoms with Gasteiger partial charge in [-0.05, 0) is 45.4 Å². The van der Waals surface area contributed by atoms with Crippen molar-refractivity contribution in [3.8, 4) is 0 Å². The average molecular weight is 226 g/mol. The molecule has 1 fully saturated rings. The van der Waals surface area contributed by atoms with Crippen molar-refractivity contribution >= 4 is 16.9 Å². The Hall–Kier alpha value is -0.180. The summed E-state index contributed by atoms with van der Waals surface area (Å²) in [6, 6.07) is 0.559. The van der Waals surface area contributed by atoms with Crippen LogP contribution in [0, 0.1) is 5.92 Å². The zero-order valence-electron chi connectivity index (χ0n) is 10.0. The number of hydrogen-bond acceptors (Lipinski definition) is 3. The summed E-state index contributed by atoms with van der Waals surface area (Å²) in [6.45, 7) is 6.85. The highest BCUT2D eigenvalue weighted by Gasteiger charge is 2.38. The molecule has 0 aromatic rings. The van der Waals surface area contributed by atoms with Gasteiger partial charge in [-0.2, -0.15) is 0 Å². The number of nitrogens with zero attached hydrogens (tertiary/aromatic N) is 1. The van der Waals surface area contributed by atoms with Crippen LogP contribution < -0.4 is 5.32 Å². The smallest absolute Gasteiger partial charge is 0.157 e. The number of hydrogen-bond donors (Lipinski definition) is 1. The Morgan fingerprint density at radius 3 is 2.73 bits per heavy atom. The number of aliphatic imine (C=N–C) groups is 1. The lowest BCUT2D eigenvalue weighted by Crippen LogP contribution is -2.45. The molecule has 1 unspecified atom stereocenters. The first-order valence-corrected chi connectivity index (χ1v) is 7.09. The standard InChI is InChI=1S/C12H22N2S/c1-4-10-7-8-15-11(13-10)14-12(2,3)9-5-6-9/h9-10H,4-8H2,1-3H3,(H,13,14). The Morgan fingerprint density at radius 2 is 2.13 bits per heavy atom. The summed E-state index contributed by atoms with van der Waals surface area (Å²) in [5, 5.41) is 4.82. The third kappa shape index (κ3) is 2.90. The van der Waals surface area contributed by atoms with Crippen molar-refractivity contribution in [2.45, 2.75) is 58.0 Å². The summed E-state index contributed by atoms with van der Waals surface area (Å²) < 4.78 is 0. The molecule has 1 aliphatic heterocycles. The molecule has 86 valence electrons. The number of amidine groups is 1. The van der Waals surface area contributed by atoms with Gasteiger partial charge in [0.1, 0.15) is 0 Å². The molecule has 15 heavy (non-hydrogen) atoms. The molecule has 0 aromatic carbocycles. The van der Waals surface area contributed by atoms with Crippen LogP contribution >= 0.6 is 11.8 Å². The molecule has 0 amide bonds. The van der Waals surface area contributed by atoms with Gasteiger partial charge in [-0.3, -0.25) is 4.99 Å². The normalized spacial score (nSPS) is 27.4. The first kappa shape index (κ1) is 11.3. The van der Waals surface area contributed by atoms with Gasteiger partial charge >= 0.3 is 0 Å². The van der Waals surface area contributed by atoms with Gasteiger partial charge < -0.3 is 5.32 Å². The second-order valence-electron chi connectivity index (χ2n) is 5.25. The van der Waals surface area contributed by atoms with Crippen molar-refractivity contribution in [2.75, 3.05) is 5.75 Å². The van der Waals surface area contributed by atoms with E-state index >= 15 is 0 Å². The topological polar surface area (TPSA) is 24.4 Å². The maximum atomic E-state index is 4.76. The van der Waals surface area contributed by atoms with E-state index in [1.54, 1.807) is 0 Å². The van der Waals surface area contributed by atoms with Gasteiger partial charge in [0.2, 0.25) is 0 Å². The molecular weight excluding hydrogens is 204 g/mol.